The van der Waals surface area contributed by atoms with Crippen LogP contribution < -0.4 is 0 Å². The third kappa shape index (κ3) is 3.79. The Morgan fingerprint density at radius 1 is 0.826 bits per heavy atom. The molecule has 0 aliphatic heterocycles. The molecular formula is C20H25NO2. The fourth-order valence-electron chi connectivity index (χ4n) is 2.53. The predicted octanol–water partition coefficient (Wildman–Crippen LogP) is 5.86. The molecule has 0 atom stereocenters. The average molecular weight is 311 g/mol. The van der Waals surface area contributed by atoms with Crippen LogP contribution in [0, 0.1) is 10.1 Å². The standard InChI is InChI=1S/C20H25NO2/c1-19(2,3)15-11-14(12-16(13-15)20(4,5)6)17-9-7-8-10-18(17)21(22)23/h7-13H,1-6H3. The number of nitro groups is 1. The molecule has 0 amide bonds. The van der Waals surface area contributed by atoms with Gasteiger partial charge in [-0.25, -0.2) is 0 Å². The van der Waals surface area contributed by atoms with Gasteiger partial charge in [-0.1, -0.05) is 71.9 Å². The molecule has 0 bridgehead atoms. The maximum atomic E-state index is 11.4. The van der Waals surface area contributed by atoms with Crippen LogP contribution in [-0.4, -0.2) is 4.92 Å². The highest BCUT2D eigenvalue weighted by Gasteiger charge is 2.23. The number of hydrogen-bond donors (Lipinski definition) is 0. The Bertz CT molecular complexity index is 702. The summed E-state index contributed by atoms with van der Waals surface area (Å²) in [6, 6.07) is 13.3. The van der Waals surface area contributed by atoms with Crippen molar-refractivity contribution in [3.05, 3.63) is 63.7 Å². The summed E-state index contributed by atoms with van der Waals surface area (Å²) in [4.78, 5) is 11.1. The number of nitrogens with zero attached hydrogens (tertiary/aromatic N) is 1. The molecule has 0 fully saturated rings. The van der Waals surface area contributed by atoms with Crippen LogP contribution in [0.15, 0.2) is 42.5 Å². The van der Waals surface area contributed by atoms with Crippen LogP contribution in [-0.2, 0) is 10.8 Å². The number of rotatable bonds is 2. The Kier molecular flexibility index (Phi) is 4.34. The van der Waals surface area contributed by atoms with Gasteiger partial charge >= 0.3 is 0 Å². The normalized spacial score (nSPS) is 12.3. The lowest BCUT2D eigenvalue weighted by Gasteiger charge is -2.26. The van der Waals surface area contributed by atoms with Gasteiger partial charge in [0.2, 0.25) is 0 Å². The smallest absolute Gasteiger partial charge is 0.258 e. The van der Waals surface area contributed by atoms with Crippen molar-refractivity contribution in [1.82, 2.24) is 0 Å². The van der Waals surface area contributed by atoms with E-state index in [0.717, 1.165) is 5.56 Å². The lowest BCUT2D eigenvalue weighted by atomic mass is 9.79. The van der Waals surface area contributed by atoms with E-state index in [2.05, 4.69) is 59.7 Å². The van der Waals surface area contributed by atoms with Crippen molar-refractivity contribution in [2.24, 2.45) is 0 Å². The van der Waals surface area contributed by atoms with Crippen LogP contribution in [0.5, 0.6) is 0 Å². The van der Waals surface area contributed by atoms with Gasteiger partial charge in [-0.05, 0) is 33.6 Å². The Morgan fingerprint density at radius 2 is 1.30 bits per heavy atom. The quantitative estimate of drug-likeness (QED) is 0.515. The summed E-state index contributed by atoms with van der Waals surface area (Å²) >= 11 is 0. The van der Waals surface area contributed by atoms with Gasteiger partial charge in [-0.3, -0.25) is 10.1 Å². The van der Waals surface area contributed by atoms with E-state index in [-0.39, 0.29) is 21.4 Å². The molecule has 0 aromatic heterocycles. The fourth-order valence-corrected chi connectivity index (χ4v) is 2.53. The summed E-state index contributed by atoms with van der Waals surface area (Å²) in [5.74, 6) is 0. The summed E-state index contributed by atoms with van der Waals surface area (Å²) in [7, 11) is 0. The monoisotopic (exact) mass is 311 g/mol. The summed E-state index contributed by atoms with van der Waals surface area (Å²) in [6.07, 6.45) is 0. The highest BCUT2D eigenvalue weighted by molar-refractivity contribution is 5.74. The highest BCUT2D eigenvalue weighted by Crippen LogP contribution is 2.36. The Labute approximate surface area is 138 Å². The van der Waals surface area contributed by atoms with Gasteiger partial charge in [0, 0.05) is 6.07 Å². The van der Waals surface area contributed by atoms with Crippen molar-refractivity contribution < 1.29 is 4.92 Å². The third-order valence-electron chi connectivity index (χ3n) is 4.08. The second kappa shape index (κ2) is 5.80. The topological polar surface area (TPSA) is 43.1 Å². The number of benzene rings is 2. The van der Waals surface area contributed by atoms with Crippen LogP contribution in [0.2, 0.25) is 0 Å². The predicted molar refractivity (Wildman–Crippen MR) is 95.9 cm³/mol. The van der Waals surface area contributed by atoms with Gasteiger partial charge < -0.3 is 0 Å². The van der Waals surface area contributed by atoms with E-state index in [9.17, 15) is 10.1 Å². The first-order valence-corrected chi connectivity index (χ1v) is 7.90. The van der Waals surface area contributed by atoms with Crippen LogP contribution in [0.25, 0.3) is 11.1 Å². The maximum absolute atomic E-state index is 11.4. The van der Waals surface area contributed by atoms with E-state index in [4.69, 9.17) is 0 Å². The average Bonchev–Trinajstić information content (AvgIpc) is 2.45. The van der Waals surface area contributed by atoms with Crippen LogP contribution in [0.4, 0.5) is 5.69 Å². The fraction of sp³-hybridized carbons (Fsp3) is 0.400. The van der Waals surface area contributed by atoms with Gasteiger partial charge in [-0.15, -0.1) is 0 Å². The van der Waals surface area contributed by atoms with E-state index in [1.165, 1.54) is 11.1 Å². The molecule has 0 saturated heterocycles. The minimum atomic E-state index is -0.310. The van der Waals surface area contributed by atoms with E-state index in [1.54, 1.807) is 12.1 Å². The molecule has 0 heterocycles. The van der Waals surface area contributed by atoms with Crippen molar-refractivity contribution in [1.29, 1.82) is 0 Å². The number of para-hydroxylation sites is 1. The first-order valence-electron chi connectivity index (χ1n) is 7.90. The molecule has 23 heavy (non-hydrogen) atoms. The molecule has 2 aromatic carbocycles. The molecule has 0 unspecified atom stereocenters. The Balaban J connectivity index is 2.75. The second-order valence-electron chi connectivity index (χ2n) is 8.07. The summed E-state index contributed by atoms with van der Waals surface area (Å²) in [5, 5.41) is 11.4. The number of hydrogen-bond acceptors (Lipinski definition) is 2. The molecule has 3 nitrogen and oxygen atoms in total. The largest absolute Gasteiger partial charge is 0.277 e. The van der Waals surface area contributed by atoms with E-state index < -0.39 is 0 Å². The lowest BCUT2D eigenvalue weighted by Crippen LogP contribution is -2.16. The molecule has 0 aliphatic rings. The molecule has 2 aromatic rings. The van der Waals surface area contributed by atoms with Crippen LogP contribution in [0.3, 0.4) is 0 Å². The van der Waals surface area contributed by atoms with Gasteiger partial charge in [0.05, 0.1) is 10.5 Å². The zero-order chi connectivity index (χ0) is 17.4. The van der Waals surface area contributed by atoms with Gasteiger partial charge in [-0.2, -0.15) is 0 Å². The van der Waals surface area contributed by atoms with Crippen molar-refractivity contribution >= 4 is 5.69 Å². The summed E-state index contributed by atoms with van der Waals surface area (Å²) in [6.45, 7) is 13.0. The molecule has 0 spiro atoms. The second-order valence-corrected chi connectivity index (χ2v) is 8.07. The molecule has 0 aliphatic carbocycles. The third-order valence-corrected chi connectivity index (χ3v) is 4.08. The Morgan fingerprint density at radius 3 is 1.74 bits per heavy atom. The molecular weight excluding hydrogens is 286 g/mol. The zero-order valence-electron chi connectivity index (χ0n) is 14.8. The lowest BCUT2D eigenvalue weighted by molar-refractivity contribution is -0.384. The van der Waals surface area contributed by atoms with Crippen LogP contribution in [0.1, 0.15) is 52.7 Å². The van der Waals surface area contributed by atoms with Crippen molar-refractivity contribution in [2.75, 3.05) is 0 Å². The SMILES string of the molecule is CC(C)(C)c1cc(-c2ccccc2[N+](=O)[O-])cc(C(C)(C)C)c1. The van der Waals surface area contributed by atoms with E-state index >= 15 is 0 Å². The first-order chi connectivity index (χ1) is 10.5. The minimum Gasteiger partial charge on any atom is -0.258 e. The molecule has 0 radical (unpaired) electrons. The summed E-state index contributed by atoms with van der Waals surface area (Å²) < 4.78 is 0. The van der Waals surface area contributed by atoms with Gasteiger partial charge in [0.1, 0.15) is 0 Å². The molecule has 3 heteroatoms. The zero-order valence-corrected chi connectivity index (χ0v) is 14.8. The molecule has 2 rings (SSSR count). The number of nitro benzene ring substituents is 1. The minimum absolute atomic E-state index is 0.0143. The first kappa shape index (κ1) is 17.2. The Hall–Kier alpha value is -2.16. The van der Waals surface area contributed by atoms with Crippen molar-refractivity contribution in [3.8, 4) is 11.1 Å². The van der Waals surface area contributed by atoms with E-state index in [1.807, 2.05) is 12.1 Å². The van der Waals surface area contributed by atoms with E-state index in [0.29, 0.717) is 5.56 Å². The maximum Gasteiger partial charge on any atom is 0.277 e. The van der Waals surface area contributed by atoms with Crippen molar-refractivity contribution in [3.63, 3.8) is 0 Å². The van der Waals surface area contributed by atoms with Crippen LogP contribution >= 0.6 is 0 Å². The molecule has 122 valence electrons. The van der Waals surface area contributed by atoms with Crippen molar-refractivity contribution in [2.45, 2.75) is 52.4 Å². The molecule has 0 N–H and O–H groups in total. The molecule has 0 saturated carbocycles. The van der Waals surface area contributed by atoms with Gasteiger partial charge in [0.25, 0.3) is 5.69 Å². The van der Waals surface area contributed by atoms with Gasteiger partial charge in [0.15, 0.2) is 0 Å². The summed E-state index contributed by atoms with van der Waals surface area (Å²) in [5.41, 5.74) is 4.09. The highest BCUT2D eigenvalue weighted by atomic mass is 16.6.